The van der Waals surface area contributed by atoms with Gasteiger partial charge in [0.2, 0.25) is 0 Å². The van der Waals surface area contributed by atoms with Crippen LogP contribution in [0.25, 0.3) is 15.9 Å². The van der Waals surface area contributed by atoms with Crippen LogP contribution in [-0.2, 0) is 0 Å². The average molecular weight is 293 g/mol. The smallest absolute Gasteiger partial charge is 0.267 e. The first kappa shape index (κ1) is 13.8. The molecule has 0 amide bonds. The molecule has 3 rings (SSSR count). The van der Waals surface area contributed by atoms with Crippen LogP contribution < -0.4 is 5.56 Å². The van der Waals surface area contributed by atoms with E-state index in [1.54, 1.807) is 4.57 Å². The lowest BCUT2D eigenvalue weighted by Gasteiger charge is -2.11. The second-order valence-corrected chi connectivity index (χ2v) is 5.14. The summed E-state index contributed by atoms with van der Waals surface area (Å²) in [5, 5.41) is 1.90. The fraction of sp³-hybridized carbons (Fsp3) is 0.143. The molecule has 0 saturated carbocycles. The van der Waals surface area contributed by atoms with Crippen LogP contribution in [0.5, 0.6) is 0 Å². The van der Waals surface area contributed by atoms with Gasteiger partial charge in [0.25, 0.3) is 5.56 Å². The quantitative estimate of drug-likeness (QED) is 0.688. The van der Waals surface area contributed by atoms with Crippen molar-refractivity contribution < 1.29 is 0 Å². The van der Waals surface area contributed by atoms with E-state index in [9.17, 15) is 4.79 Å². The zero-order valence-corrected chi connectivity index (χ0v) is 12.2. The van der Waals surface area contributed by atoms with Crippen LogP contribution in [0.15, 0.2) is 40.5 Å². The largest absolute Gasteiger partial charge is 0.276 e. The van der Waals surface area contributed by atoms with Crippen molar-refractivity contribution in [2.24, 2.45) is 0 Å². The Balaban J connectivity index is 0.00000133. The van der Waals surface area contributed by atoms with E-state index in [0.717, 1.165) is 22.6 Å². The van der Waals surface area contributed by atoms with Crippen molar-refractivity contribution in [3.8, 4) is 5.69 Å². The third kappa shape index (κ3) is 2.17. The fourth-order valence-corrected chi connectivity index (χ4v) is 2.88. The van der Waals surface area contributed by atoms with Crippen molar-refractivity contribution in [3.63, 3.8) is 0 Å². The van der Waals surface area contributed by atoms with E-state index in [1.807, 2.05) is 49.6 Å². The summed E-state index contributed by atoms with van der Waals surface area (Å²) < 4.78 is 2.40. The summed E-state index contributed by atoms with van der Waals surface area (Å²) in [6, 6.07) is 9.74. The summed E-state index contributed by atoms with van der Waals surface area (Å²) >= 11 is 1.44. The molecule has 3 aromatic rings. The third-order valence-corrected chi connectivity index (χ3v) is 3.90. The predicted octanol–water partition coefficient (Wildman–Crippen LogP) is 3.49. The second kappa shape index (κ2) is 5.15. The molecule has 0 aliphatic heterocycles. The maximum atomic E-state index is 12.5. The fourth-order valence-electron chi connectivity index (χ4n) is 2.12. The van der Waals surface area contributed by atoms with E-state index in [2.05, 4.69) is 4.98 Å². The molecule has 0 spiro atoms. The number of aromatic nitrogens is 2. The number of nitrogens with zero attached hydrogens (tertiary/aromatic N) is 2. The Hall–Kier alpha value is -1.65. The van der Waals surface area contributed by atoms with Gasteiger partial charge < -0.3 is 0 Å². The molecule has 19 heavy (non-hydrogen) atoms. The van der Waals surface area contributed by atoms with E-state index in [0.29, 0.717) is 4.70 Å². The van der Waals surface area contributed by atoms with Crippen molar-refractivity contribution in [1.82, 2.24) is 9.55 Å². The summed E-state index contributed by atoms with van der Waals surface area (Å²) in [4.78, 5) is 17.0. The highest BCUT2D eigenvalue weighted by molar-refractivity contribution is 7.17. The van der Waals surface area contributed by atoms with Gasteiger partial charge in [-0.1, -0.05) is 18.2 Å². The first-order chi connectivity index (χ1) is 8.68. The molecule has 0 bridgehead atoms. The molecule has 1 aromatic carbocycles. The van der Waals surface area contributed by atoms with Gasteiger partial charge in [-0.3, -0.25) is 9.36 Å². The number of benzene rings is 1. The second-order valence-electron chi connectivity index (χ2n) is 4.22. The van der Waals surface area contributed by atoms with Gasteiger partial charge in [-0.05, 0) is 36.9 Å². The van der Waals surface area contributed by atoms with E-state index in [-0.39, 0.29) is 18.0 Å². The molecule has 3 nitrogen and oxygen atoms in total. The Bertz CT molecular complexity index is 791. The van der Waals surface area contributed by atoms with Crippen molar-refractivity contribution >= 4 is 34.0 Å². The molecule has 0 N–H and O–H groups in total. The molecule has 0 aliphatic carbocycles. The molecule has 0 fully saturated rings. The normalized spacial score (nSPS) is 10.4. The first-order valence-electron chi connectivity index (χ1n) is 5.71. The van der Waals surface area contributed by atoms with E-state index in [1.165, 1.54) is 11.3 Å². The summed E-state index contributed by atoms with van der Waals surface area (Å²) in [7, 11) is 0. The highest BCUT2D eigenvalue weighted by Gasteiger charge is 2.11. The number of hydrogen-bond acceptors (Lipinski definition) is 3. The third-order valence-electron chi connectivity index (χ3n) is 3.00. The zero-order valence-electron chi connectivity index (χ0n) is 10.6. The number of hydrogen-bond donors (Lipinski definition) is 0. The number of thiophene rings is 1. The molecule has 0 saturated heterocycles. The van der Waals surface area contributed by atoms with Gasteiger partial charge in [0, 0.05) is 0 Å². The molecular weight excluding hydrogens is 280 g/mol. The van der Waals surface area contributed by atoms with Crippen molar-refractivity contribution in [3.05, 3.63) is 57.5 Å². The minimum Gasteiger partial charge on any atom is -0.267 e. The number of fused-ring (bicyclic) bond motifs is 1. The van der Waals surface area contributed by atoms with Crippen LogP contribution in [0.2, 0.25) is 0 Å². The monoisotopic (exact) mass is 292 g/mol. The Kier molecular flexibility index (Phi) is 3.73. The van der Waals surface area contributed by atoms with Crippen molar-refractivity contribution in [1.29, 1.82) is 0 Å². The minimum absolute atomic E-state index is 0. The number of aryl methyl sites for hydroxylation is 2. The van der Waals surface area contributed by atoms with Gasteiger partial charge in [0.15, 0.2) is 0 Å². The SMILES string of the molecule is Cc1ccccc1-n1c(C)nc2ccsc2c1=O.Cl. The lowest BCUT2D eigenvalue weighted by atomic mass is 10.2. The molecule has 0 atom stereocenters. The van der Waals surface area contributed by atoms with Crippen LogP contribution in [0.4, 0.5) is 0 Å². The Labute approximate surface area is 121 Å². The topological polar surface area (TPSA) is 34.9 Å². The Morgan fingerprint density at radius 3 is 2.63 bits per heavy atom. The Morgan fingerprint density at radius 2 is 1.89 bits per heavy atom. The van der Waals surface area contributed by atoms with Crippen LogP contribution in [0, 0.1) is 13.8 Å². The molecule has 2 aromatic heterocycles. The molecule has 0 radical (unpaired) electrons. The highest BCUT2D eigenvalue weighted by atomic mass is 35.5. The van der Waals surface area contributed by atoms with Gasteiger partial charge in [-0.15, -0.1) is 23.7 Å². The van der Waals surface area contributed by atoms with Crippen LogP contribution in [0.3, 0.4) is 0 Å². The summed E-state index contributed by atoms with van der Waals surface area (Å²) in [6.07, 6.45) is 0. The lowest BCUT2D eigenvalue weighted by molar-refractivity contribution is 0.890. The average Bonchev–Trinajstić information content (AvgIpc) is 2.79. The standard InChI is InChI=1S/C14H12N2OS.ClH/c1-9-5-3-4-6-12(9)16-10(2)15-11-7-8-18-13(11)14(16)17;/h3-8H,1-2H3;1H. The number of rotatable bonds is 1. The van der Waals surface area contributed by atoms with E-state index in [4.69, 9.17) is 0 Å². The lowest BCUT2D eigenvalue weighted by Crippen LogP contribution is -2.22. The summed E-state index contributed by atoms with van der Waals surface area (Å²) in [5.41, 5.74) is 2.78. The zero-order chi connectivity index (χ0) is 12.7. The van der Waals surface area contributed by atoms with Crippen LogP contribution >= 0.6 is 23.7 Å². The van der Waals surface area contributed by atoms with Crippen molar-refractivity contribution in [2.45, 2.75) is 13.8 Å². The summed E-state index contributed by atoms with van der Waals surface area (Å²) in [5.74, 6) is 0.722. The minimum atomic E-state index is 0. The number of halogens is 1. The molecule has 5 heteroatoms. The van der Waals surface area contributed by atoms with Gasteiger partial charge in [-0.25, -0.2) is 4.98 Å². The predicted molar refractivity (Wildman–Crippen MR) is 81.9 cm³/mol. The highest BCUT2D eigenvalue weighted by Crippen LogP contribution is 2.18. The molecule has 98 valence electrons. The van der Waals surface area contributed by atoms with Gasteiger partial charge in [0.1, 0.15) is 10.5 Å². The van der Waals surface area contributed by atoms with E-state index >= 15 is 0 Å². The maximum Gasteiger partial charge on any atom is 0.276 e. The van der Waals surface area contributed by atoms with Crippen LogP contribution in [0.1, 0.15) is 11.4 Å². The van der Waals surface area contributed by atoms with Crippen molar-refractivity contribution in [2.75, 3.05) is 0 Å². The van der Waals surface area contributed by atoms with E-state index < -0.39 is 0 Å². The maximum absolute atomic E-state index is 12.5. The summed E-state index contributed by atoms with van der Waals surface area (Å²) in [6.45, 7) is 3.87. The molecule has 0 unspecified atom stereocenters. The molecular formula is C14H13ClN2OS. The molecule has 2 heterocycles. The van der Waals surface area contributed by atoms with Gasteiger partial charge >= 0.3 is 0 Å². The number of para-hydroxylation sites is 1. The Morgan fingerprint density at radius 1 is 1.16 bits per heavy atom. The van der Waals surface area contributed by atoms with Crippen LogP contribution in [-0.4, -0.2) is 9.55 Å². The first-order valence-corrected chi connectivity index (χ1v) is 6.59. The van der Waals surface area contributed by atoms with Gasteiger partial charge in [-0.2, -0.15) is 0 Å². The van der Waals surface area contributed by atoms with Gasteiger partial charge in [0.05, 0.1) is 11.2 Å². The molecule has 0 aliphatic rings.